The van der Waals surface area contributed by atoms with Crippen molar-refractivity contribution >= 4 is 27.3 Å². The van der Waals surface area contributed by atoms with Gasteiger partial charge in [-0.3, -0.25) is 0 Å². The molecule has 1 aliphatic carbocycles. The third kappa shape index (κ3) is 3.30. The van der Waals surface area contributed by atoms with Gasteiger partial charge in [-0.1, -0.05) is 34.1 Å². The first-order valence-corrected chi connectivity index (χ1v) is 8.78. The zero-order chi connectivity index (χ0) is 13.9. The molecule has 0 unspecified atom stereocenters. The van der Waals surface area contributed by atoms with Crippen molar-refractivity contribution in [2.75, 3.05) is 6.54 Å². The van der Waals surface area contributed by atoms with Crippen LogP contribution in [-0.4, -0.2) is 17.6 Å². The second kappa shape index (κ2) is 6.37. The normalized spacial score (nSPS) is 21.7. The second-order valence-corrected chi connectivity index (χ2v) is 7.37. The first-order chi connectivity index (χ1) is 9.72. The monoisotopic (exact) mass is 350 g/mol. The van der Waals surface area contributed by atoms with E-state index in [1.54, 1.807) is 11.3 Å². The molecular weight excluding hydrogens is 332 g/mol. The molecule has 0 spiro atoms. The molecular formula is C16H19BrN2S. The Bertz CT molecular complexity index is 575. The van der Waals surface area contributed by atoms with E-state index in [0.717, 1.165) is 18.0 Å². The van der Waals surface area contributed by atoms with Crippen LogP contribution < -0.4 is 5.32 Å². The van der Waals surface area contributed by atoms with Crippen LogP contribution in [0.4, 0.5) is 0 Å². The van der Waals surface area contributed by atoms with Gasteiger partial charge in [-0.15, -0.1) is 11.3 Å². The Morgan fingerprint density at radius 1 is 1.35 bits per heavy atom. The molecule has 1 aromatic heterocycles. The van der Waals surface area contributed by atoms with E-state index in [2.05, 4.69) is 62.8 Å². The van der Waals surface area contributed by atoms with Gasteiger partial charge in [0.1, 0.15) is 0 Å². The van der Waals surface area contributed by atoms with Crippen molar-refractivity contribution in [2.24, 2.45) is 0 Å². The molecule has 0 amide bonds. The highest BCUT2D eigenvalue weighted by molar-refractivity contribution is 9.10. The van der Waals surface area contributed by atoms with Crippen LogP contribution >= 0.6 is 27.3 Å². The van der Waals surface area contributed by atoms with Crippen LogP contribution in [0.5, 0.6) is 0 Å². The second-order valence-electron chi connectivity index (χ2n) is 5.45. The first-order valence-electron chi connectivity index (χ1n) is 7.11. The minimum absolute atomic E-state index is 0.673. The number of rotatable bonds is 5. The largest absolute Gasteiger partial charge is 0.314 e. The van der Waals surface area contributed by atoms with Gasteiger partial charge in [0.15, 0.2) is 0 Å². The minimum Gasteiger partial charge on any atom is -0.314 e. The number of benzene rings is 1. The van der Waals surface area contributed by atoms with E-state index in [4.69, 9.17) is 0 Å². The summed E-state index contributed by atoms with van der Waals surface area (Å²) in [7, 11) is 0. The summed E-state index contributed by atoms with van der Waals surface area (Å²) in [4.78, 5) is 4.50. The van der Waals surface area contributed by atoms with Crippen molar-refractivity contribution in [3.8, 4) is 0 Å². The fraction of sp³-hybridized carbons (Fsp3) is 0.438. The van der Waals surface area contributed by atoms with Gasteiger partial charge in [-0.05, 0) is 37.3 Å². The lowest BCUT2D eigenvalue weighted by molar-refractivity contribution is 0.292. The molecule has 1 aromatic carbocycles. The summed E-state index contributed by atoms with van der Waals surface area (Å²) in [5.74, 6) is 0.713. The molecule has 0 bridgehead atoms. The summed E-state index contributed by atoms with van der Waals surface area (Å²) >= 11 is 5.39. The topological polar surface area (TPSA) is 24.9 Å². The van der Waals surface area contributed by atoms with E-state index >= 15 is 0 Å². The summed E-state index contributed by atoms with van der Waals surface area (Å²) in [5, 5.41) is 6.98. The van der Waals surface area contributed by atoms with Crippen molar-refractivity contribution in [1.82, 2.24) is 10.3 Å². The summed E-state index contributed by atoms with van der Waals surface area (Å²) < 4.78 is 1.25. The van der Waals surface area contributed by atoms with Crippen LogP contribution in [0.1, 0.15) is 35.0 Å². The summed E-state index contributed by atoms with van der Waals surface area (Å²) in [5.41, 5.74) is 2.68. The number of thiazole rings is 1. The van der Waals surface area contributed by atoms with E-state index in [9.17, 15) is 0 Å². The van der Waals surface area contributed by atoms with E-state index in [1.165, 1.54) is 28.6 Å². The maximum atomic E-state index is 4.50. The number of hydrogen-bond donors (Lipinski definition) is 1. The highest BCUT2D eigenvalue weighted by Crippen LogP contribution is 2.39. The molecule has 2 aromatic rings. The number of nitrogens with zero attached hydrogens (tertiary/aromatic N) is 1. The van der Waals surface area contributed by atoms with Gasteiger partial charge in [0, 0.05) is 28.9 Å². The van der Waals surface area contributed by atoms with Crippen LogP contribution in [0.15, 0.2) is 34.1 Å². The molecule has 1 saturated carbocycles. The molecule has 20 heavy (non-hydrogen) atoms. The van der Waals surface area contributed by atoms with Gasteiger partial charge < -0.3 is 5.32 Å². The Labute approximate surface area is 132 Å². The Morgan fingerprint density at radius 3 is 2.85 bits per heavy atom. The lowest BCUT2D eigenvalue weighted by Crippen LogP contribution is -2.41. The van der Waals surface area contributed by atoms with Gasteiger partial charge in [-0.25, -0.2) is 4.98 Å². The lowest BCUT2D eigenvalue weighted by atomic mass is 9.76. The first kappa shape index (κ1) is 14.2. The zero-order valence-corrected chi connectivity index (χ0v) is 14.0. The standard InChI is InChI=1S/C16H19BrN2S/c1-11-19-13(10-20-11)6-7-18-14-8-12(9-14)15-4-2-3-5-16(15)17/h2-5,10,12,14,18H,6-9H2,1H3. The third-order valence-electron chi connectivity index (χ3n) is 3.96. The Kier molecular flexibility index (Phi) is 4.54. The van der Waals surface area contributed by atoms with Crippen LogP contribution in [0.25, 0.3) is 0 Å². The molecule has 0 atom stereocenters. The van der Waals surface area contributed by atoms with Crippen molar-refractivity contribution < 1.29 is 0 Å². The van der Waals surface area contributed by atoms with Crippen LogP contribution in [-0.2, 0) is 6.42 Å². The quantitative estimate of drug-likeness (QED) is 0.869. The molecule has 0 aliphatic heterocycles. The van der Waals surface area contributed by atoms with Crippen molar-refractivity contribution in [1.29, 1.82) is 0 Å². The molecule has 1 aliphatic rings. The predicted molar refractivity (Wildman–Crippen MR) is 88.5 cm³/mol. The maximum Gasteiger partial charge on any atom is 0.0897 e. The fourth-order valence-electron chi connectivity index (χ4n) is 2.77. The minimum atomic E-state index is 0.673. The SMILES string of the molecule is Cc1nc(CCNC2CC(c3ccccc3Br)C2)cs1. The number of halogens is 1. The smallest absolute Gasteiger partial charge is 0.0897 e. The number of nitrogens with one attached hydrogen (secondary N) is 1. The van der Waals surface area contributed by atoms with Gasteiger partial charge in [0.2, 0.25) is 0 Å². The molecule has 1 N–H and O–H groups in total. The molecule has 3 rings (SSSR count). The third-order valence-corrected chi connectivity index (χ3v) is 5.51. The molecule has 1 fully saturated rings. The van der Waals surface area contributed by atoms with Gasteiger partial charge in [0.05, 0.1) is 10.7 Å². The summed E-state index contributed by atoms with van der Waals surface area (Å²) in [6.45, 7) is 3.10. The number of aryl methyl sites for hydroxylation is 1. The molecule has 2 nitrogen and oxygen atoms in total. The fourth-order valence-corrected chi connectivity index (χ4v) is 4.03. The van der Waals surface area contributed by atoms with Crippen LogP contribution in [0.3, 0.4) is 0 Å². The molecule has 106 valence electrons. The van der Waals surface area contributed by atoms with Gasteiger partial charge >= 0.3 is 0 Å². The van der Waals surface area contributed by atoms with Crippen molar-refractivity contribution in [2.45, 2.75) is 38.1 Å². The van der Waals surface area contributed by atoms with Crippen molar-refractivity contribution in [3.05, 3.63) is 50.4 Å². The van der Waals surface area contributed by atoms with E-state index in [0.29, 0.717) is 12.0 Å². The zero-order valence-electron chi connectivity index (χ0n) is 11.6. The van der Waals surface area contributed by atoms with Crippen LogP contribution in [0, 0.1) is 6.92 Å². The van der Waals surface area contributed by atoms with E-state index < -0.39 is 0 Å². The Hall–Kier alpha value is -0.710. The summed E-state index contributed by atoms with van der Waals surface area (Å²) in [6.07, 6.45) is 3.54. The average Bonchev–Trinajstić information content (AvgIpc) is 2.79. The van der Waals surface area contributed by atoms with Crippen molar-refractivity contribution in [3.63, 3.8) is 0 Å². The average molecular weight is 351 g/mol. The summed E-state index contributed by atoms with van der Waals surface area (Å²) in [6, 6.07) is 9.26. The molecule has 4 heteroatoms. The van der Waals surface area contributed by atoms with E-state index in [1.807, 2.05) is 0 Å². The Morgan fingerprint density at radius 2 is 2.15 bits per heavy atom. The number of hydrogen-bond acceptors (Lipinski definition) is 3. The predicted octanol–water partition coefficient (Wildman–Crippen LogP) is 4.29. The number of aromatic nitrogens is 1. The van der Waals surface area contributed by atoms with Crippen LogP contribution in [0.2, 0.25) is 0 Å². The Balaban J connectivity index is 1.41. The molecule has 0 saturated heterocycles. The molecule has 0 radical (unpaired) electrons. The maximum absolute atomic E-state index is 4.50. The van der Waals surface area contributed by atoms with Gasteiger partial charge in [0.25, 0.3) is 0 Å². The highest BCUT2D eigenvalue weighted by Gasteiger charge is 2.30. The molecule has 1 heterocycles. The van der Waals surface area contributed by atoms with E-state index in [-0.39, 0.29) is 0 Å². The van der Waals surface area contributed by atoms with Gasteiger partial charge in [-0.2, -0.15) is 0 Å². The highest BCUT2D eigenvalue weighted by atomic mass is 79.9. The lowest BCUT2D eigenvalue weighted by Gasteiger charge is -2.37.